The predicted octanol–water partition coefficient (Wildman–Crippen LogP) is -3.65. The first-order valence-corrected chi connectivity index (χ1v) is 13.5. The fourth-order valence-electron chi connectivity index (χ4n) is 5.28. The van der Waals surface area contributed by atoms with Crippen LogP contribution in [0.4, 0.5) is 0 Å². The molecule has 3 rings (SSSR count). The summed E-state index contributed by atoms with van der Waals surface area (Å²) in [4.78, 5) is 36.3. The lowest BCUT2D eigenvalue weighted by atomic mass is 10.1. The number of fused-ring (bicyclic) bond motifs is 3. The molecule has 4 N–H and O–H groups in total. The summed E-state index contributed by atoms with van der Waals surface area (Å²) in [5.74, 6) is 0.533. The Labute approximate surface area is 271 Å². The molecule has 0 unspecified atom stereocenters. The zero-order valence-corrected chi connectivity index (χ0v) is 28.2. The second-order valence-corrected chi connectivity index (χ2v) is 10.1. The second kappa shape index (κ2) is 15.9. The number of ether oxygens (including phenoxy) is 2. The van der Waals surface area contributed by atoms with Gasteiger partial charge < -0.3 is 77.9 Å². The second-order valence-electron chi connectivity index (χ2n) is 10.1. The summed E-state index contributed by atoms with van der Waals surface area (Å²) in [6, 6.07) is 11.2. The quantitative estimate of drug-likeness (QED) is 0.115. The van der Waals surface area contributed by atoms with Crippen LogP contribution in [0.2, 0.25) is 0 Å². The number of likely N-dealkylation sites (N-methyl/N-ethyl adjacent to an activating group) is 2. The number of carbonyl (C=O) groups is 3. The van der Waals surface area contributed by atoms with Crippen molar-refractivity contribution in [3.8, 4) is 22.6 Å². The summed E-state index contributed by atoms with van der Waals surface area (Å²) in [7, 11) is 0. The molecule has 0 saturated carbocycles. The van der Waals surface area contributed by atoms with Gasteiger partial charge in [0.2, 0.25) is 0 Å². The largest absolute Gasteiger partial charge is 1.00 e. The highest BCUT2D eigenvalue weighted by atomic mass is 127. The van der Waals surface area contributed by atoms with Gasteiger partial charge in [-0.3, -0.25) is 14.4 Å². The summed E-state index contributed by atoms with van der Waals surface area (Å²) >= 11 is 0. The summed E-state index contributed by atoms with van der Waals surface area (Å²) in [5, 5.41) is 0. The molecule has 11 heteroatoms. The Morgan fingerprint density at radius 3 is 1.30 bits per heavy atom. The van der Waals surface area contributed by atoms with Gasteiger partial charge in [-0.1, -0.05) is 0 Å². The van der Waals surface area contributed by atoms with E-state index in [0.717, 1.165) is 37.3 Å². The fourth-order valence-corrected chi connectivity index (χ4v) is 5.28. The molecule has 0 atom stereocenters. The number of benzene rings is 2. The molecular formula is C29H42I2N4O5. The van der Waals surface area contributed by atoms with Crippen LogP contribution in [0.25, 0.3) is 11.1 Å². The molecule has 222 valence electrons. The van der Waals surface area contributed by atoms with Crippen LogP contribution in [-0.2, 0) is 9.59 Å². The van der Waals surface area contributed by atoms with Crippen molar-refractivity contribution in [3.05, 3.63) is 47.5 Å². The van der Waals surface area contributed by atoms with Crippen LogP contribution in [0.15, 0.2) is 36.4 Å². The Balaban J connectivity index is 0.00000400. The third-order valence-electron chi connectivity index (χ3n) is 8.10. The maximum Gasteiger partial charge on any atom is 0.272 e. The molecule has 0 aromatic heterocycles. The van der Waals surface area contributed by atoms with E-state index in [1.807, 2.05) is 52.0 Å². The summed E-state index contributed by atoms with van der Waals surface area (Å²) in [5.41, 5.74) is 13.9. The Morgan fingerprint density at radius 1 is 0.650 bits per heavy atom. The van der Waals surface area contributed by atoms with Crippen LogP contribution in [0.5, 0.6) is 11.5 Å². The zero-order valence-electron chi connectivity index (χ0n) is 23.9. The normalized spacial score (nSPS) is 12.1. The molecule has 0 spiro atoms. The van der Waals surface area contributed by atoms with Crippen LogP contribution in [0, 0.1) is 0 Å². The molecule has 0 fully saturated rings. The number of carbonyl (C=O) groups excluding carboxylic acids is 3. The van der Waals surface area contributed by atoms with E-state index in [4.69, 9.17) is 20.9 Å². The average molecular weight is 780 g/mol. The first-order chi connectivity index (χ1) is 18.1. The molecule has 1 aliphatic rings. The van der Waals surface area contributed by atoms with Crippen LogP contribution in [-0.4, -0.2) is 92.1 Å². The lowest BCUT2D eigenvalue weighted by Gasteiger charge is -2.35. The Bertz CT molecular complexity index is 1090. The minimum Gasteiger partial charge on any atom is -1.00 e. The van der Waals surface area contributed by atoms with Crippen molar-refractivity contribution in [3.63, 3.8) is 0 Å². The number of halogens is 2. The Kier molecular flexibility index (Phi) is 14.3. The number of quaternary nitrogens is 2. The maximum atomic E-state index is 13.3. The van der Waals surface area contributed by atoms with Gasteiger partial charge in [0.15, 0.2) is 18.9 Å². The first kappa shape index (κ1) is 36.1. The Hall–Kier alpha value is -1.97. The molecule has 9 nitrogen and oxygen atoms in total. The van der Waals surface area contributed by atoms with E-state index in [9.17, 15) is 14.4 Å². The SMILES string of the molecule is CC[N+](CC)(CCOc1ccc2c(c1)C(=O)c1cc(OCC[N+](CC)(CC)CC(N)=O)ccc1-2)CC(N)=O.[I-].[I-]. The number of rotatable bonds is 16. The molecule has 2 amide bonds. The standard InChI is InChI=1S/C29H40N4O5.2HI/c1-5-32(6-2,19-27(30)34)13-15-37-21-9-11-23-24-12-10-22(18-26(24)29(36)25(23)17-21)38-16-14-33(7-3,8-4)20-28(31)35;;/h9-12,17-18H,5-8,13-16,19-20H2,1-4H3,(H2-2,30,31,34,35);2*1H. The molecule has 0 radical (unpaired) electrons. The topological polar surface area (TPSA) is 122 Å². The molecule has 1 aliphatic carbocycles. The molecule has 2 aromatic carbocycles. The van der Waals surface area contributed by atoms with Crippen molar-refractivity contribution in [1.82, 2.24) is 0 Å². The number of primary amides is 2. The number of hydrogen-bond donors (Lipinski definition) is 2. The van der Waals surface area contributed by atoms with Crippen molar-refractivity contribution >= 4 is 17.6 Å². The third kappa shape index (κ3) is 8.52. The van der Waals surface area contributed by atoms with Gasteiger partial charge in [-0.25, -0.2) is 0 Å². The number of amides is 2. The molecule has 0 aliphatic heterocycles. The number of nitrogens with zero attached hydrogens (tertiary/aromatic N) is 2. The summed E-state index contributed by atoms with van der Waals surface area (Å²) in [6.45, 7) is 14.0. The lowest BCUT2D eigenvalue weighted by molar-refractivity contribution is -0.917. The highest BCUT2D eigenvalue weighted by molar-refractivity contribution is 6.22. The van der Waals surface area contributed by atoms with Gasteiger partial charge in [-0.15, -0.1) is 0 Å². The molecule has 2 aromatic rings. The van der Waals surface area contributed by atoms with Gasteiger partial charge in [-0.2, -0.15) is 0 Å². The zero-order chi connectivity index (χ0) is 27.9. The third-order valence-corrected chi connectivity index (χ3v) is 8.10. The van der Waals surface area contributed by atoms with E-state index in [-0.39, 0.29) is 78.6 Å². The van der Waals surface area contributed by atoms with Gasteiger partial charge in [0.1, 0.15) is 37.8 Å². The number of nitrogens with two attached hydrogens (primary N) is 2. The van der Waals surface area contributed by atoms with E-state index in [2.05, 4.69) is 0 Å². The van der Waals surface area contributed by atoms with Crippen LogP contribution < -0.4 is 68.9 Å². The van der Waals surface area contributed by atoms with E-state index in [1.54, 1.807) is 12.1 Å². The fraction of sp³-hybridized carbons (Fsp3) is 0.483. The number of ketones is 1. The summed E-state index contributed by atoms with van der Waals surface area (Å²) < 4.78 is 13.1. The molecular weight excluding hydrogens is 738 g/mol. The van der Waals surface area contributed by atoms with Crippen LogP contribution in [0.3, 0.4) is 0 Å². The van der Waals surface area contributed by atoms with E-state index < -0.39 is 0 Å². The van der Waals surface area contributed by atoms with Gasteiger partial charge in [-0.05, 0) is 75.2 Å². The smallest absolute Gasteiger partial charge is 0.272 e. The van der Waals surface area contributed by atoms with Crippen LogP contribution >= 0.6 is 0 Å². The Morgan fingerprint density at radius 2 is 1.00 bits per heavy atom. The molecule has 0 saturated heterocycles. The van der Waals surface area contributed by atoms with E-state index in [1.165, 1.54) is 0 Å². The minimum absolute atomic E-state index is 0. The van der Waals surface area contributed by atoms with Crippen molar-refractivity contribution in [1.29, 1.82) is 0 Å². The molecule has 40 heavy (non-hydrogen) atoms. The minimum atomic E-state index is -0.322. The molecule has 0 bridgehead atoms. The van der Waals surface area contributed by atoms with E-state index in [0.29, 0.717) is 57.9 Å². The van der Waals surface area contributed by atoms with Gasteiger partial charge in [0.05, 0.1) is 26.2 Å². The van der Waals surface area contributed by atoms with Crippen molar-refractivity contribution in [2.24, 2.45) is 11.5 Å². The highest BCUT2D eigenvalue weighted by Gasteiger charge is 2.29. The van der Waals surface area contributed by atoms with Crippen molar-refractivity contribution in [2.45, 2.75) is 27.7 Å². The van der Waals surface area contributed by atoms with Crippen LogP contribution in [0.1, 0.15) is 43.6 Å². The predicted molar refractivity (Wildman–Crippen MR) is 147 cm³/mol. The van der Waals surface area contributed by atoms with Crippen molar-refractivity contribution in [2.75, 3.05) is 65.6 Å². The monoisotopic (exact) mass is 780 g/mol. The summed E-state index contributed by atoms with van der Waals surface area (Å²) in [6.07, 6.45) is 0. The molecule has 0 heterocycles. The lowest BCUT2D eigenvalue weighted by Crippen LogP contribution is -3.00. The van der Waals surface area contributed by atoms with Gasteiger partial charge in [0, 0.05) is 11.1 Å². The van der Waals surface area contributed by atoms with Gasteiger partial charge in [0.25, 0.3) is 11.8 Å². The highest BCUT2D eigenvalue weighted by Crippen LogP contribution is 2.40. The number of hydrogen-bond acceptors (Lipinski definition) is 5. The first-order valence-electron chi connectivity index (χ1n) is 13.5. The van der Waals surface area contributed by atoms with E-state index >= 15 is 0 Å². The maximum absolute atomic E-state index is 13.3. The van der Waals surface area contributed by atoms with Gasteiger partial charge >= 0.3 is 0 Å². The average Bonchev–Trinajstić information content (AvgIpc) is 3.17. The van der Waals surface area contributed by atoms with Crippen molar-refractivity contribution < 1.29 is 80.8 Å².